The van der Waals surface area contributed by atoms with E-state index in [-0.39, 0.29) is 23.1 Å². The molecule has 0 spiro atoms. The Balaban J connectivity index is 1.64. The summed E-state index contributed by atoms with van der Waals surface area (Å²) in [6.45, 7) is 4.61. The van der Waals surface area contributed by atoms with Crippen molar-refractivity contribution < 1.29 is 9.90 Å². The van der Waals surface area contributed by atoms with Crippen LogP contribution in [0.2, 0.25) is 0 Å². The molecule has 1 N–H and O–H groups in total. The number of aliphatic hydroxyl groups is 1. The van der Waals surface area contributed by atoms with E-state index < -0.39 is 5.60 Å². The zero-order chi connectivity index (χ0) is 20.6. The molecular weight excluding hydrogens is 366 g/mol. The number of amides is 1. The van der Waals surface area contributed by atoms with Crippen LogP contribution in [0.5, 0.6) is 0 Å². The van der Waals surface area contributed by atoms with Crippen LogP contribution >= 0.6 is 0 Å². The molecule has 1 saturated heterocycles. The highest BCUT2D eigenvalue weighted by Gasteiger charge is 2.36. The number of hydrogen-bond acceptors (Lipinski definition) is 4. The molecule has 1 aliphatic rings. The van der Waals surface area contributed by atoms with Crippen LogP contribution in [0.1, 0.15) is 48.7 Å². The molecule has 29 heavy (non-hydrogen) atoms. The summed E-state index contributed by atoms with van der Waals surface area (Å²) in [6.07, 6.45) is 2.53. The first-order valence-electron chi connectivity index (χ1n) is 9.98. The molecule has 3 aromatic rings. The van der Waals surface area contributed by atoms with Crippen LogP contribution in [0, 0.1) is 0 Å². The Morgan fingerprint density at radius 1 is 1.10 bits per heavy atom. The van der Waals surface area contributed by atoms with E-state index in [0.29, 0.717) is 31.6 Å². The third kappa shape index (κ3) is 3.44. The van der Waals surface area contributed by atoms with Gasteiger partial charge in [-0.2, -0.15) is 0 Å². The van der Waals surface area contributed by atoms with Gasteiger partial charge < -0.3 is 10.0 Å². The topological polar surface area (TPSA) is 75.4 Å². The predicted octanol–water partition coefficient (Wildman–Crippen LogP) is 3.10. The summed E-state index contributed by atoms with van der Waals surface area (Å²) in [6, 6.07) is 14.7. The Morgan fingerprint density at radius 2 is 1.79 bits per heavy atom. The van der Waals surface area contributed by atoms with E-state index in [0.717, 1.165) is 10.9 Å². The van der Waals surface area contributed by atoms with E-state index >= 15 is 0 Å². The number of likely N-dealkylation sites (tertiary alicyclic amines) is 1. The van der Waals surface area contributed by atoms with Gasteiger partial charge in [0.15, 0.2) is 0 Å². The Labute approximate surface area is 169 Å². The number of pyridine rings is 2. The minimum atomic E-state index is -0.941. The predicted molar refractivity (Wildman–Crippen MR) is 112 cm³/mol. The van der Waals surface area contributed by atoms with Crippen LogP contribution < -0.4 is 5.56 Å². The summed E-state index contributed by atoms with van der Waals surface area (Å²) in [5, 5.41) is 11.8. The Kier molecular flexibility index (Phi) is 4.96. The van der Waals surface area contributed by atoms with Crippen molar-refractivity contribution in [1.82, 2.24) is 14.5 Å². The molecule has 1 aliphatic heterocycles. The number of piperidine rings is 1. The maximum atomic E-state index is 13.2. The lowest BCUT2D eigenvalue weighted by molar-refractivity contribution is -0.0211. The second kappa shape index (κ2) is 7.44. The molecule has 6 nitrogen and oxygen atoms in total. The largest absolute Gasteiger partial charge is 0.385 e. The first kappa shape index (κ1) is 19.3. The molecule has 6 heteroatoms. The lowest BCUT2D eigenvalue weighted by Gasteiger charge is -2.38. The second-order valence-corrected chi connectivity index (χ2v) is 7.93. The molecule has 3 heterocycles. The van der Waals surface area contributed by atoms with Gasteiger partial charge in [-0.15, -0.1) is 0 Å². The summed E-state index contributed by atoms with van der Waals surface area (Å²) >= 11 is 0. The van der Waals surface area contributed by atoms with Gasteiger partial charge in [-0.3, -0.25) is 14.2 Å². The SMILES string of the molecule is CC(C)n1c(=O)c(C(=O)N2CCC(O)(c3ccccc3)CC2)cc2cccnc21. The molecule has 0 aliphatic carbocycles. The molecule has 0 saturated carbocycles. The fourth-order valence-electron chi connectivity index (χ4n) is 4.09. The second-order valence-electron chi connectivity index (χ2n) is 7.93. The zero-order valence-corrected chi connectivity index (χ0v) is 16.7. The molecule has 1 aromatic carbocycles. The van der Waals surface area contributed by atoms with Crippen molar-refractivity contribution in [2.75, 3.05) is 13.1 Å². The molecule has 0 atom stereocenters. The Morgan fingerprint density at radius 3 is 2.45 bits per heavy atom. The summed E-state index contributed by atoms with van der Waals surface area (Å²) in [5.74, 6) is -0.287. The molecule has 0 unspecified atom stereocenters. The van der Waals surface area contributed by atoms with Crippen LogP contribution in [0.3, 0.4) is 0 Å². The van der Waals surface area contributed by atoms with Gasteiger partial charge in [0.05, 0.1) is 5.60 Å². The van der Waals surface area contributed by atoms with E-state index in [4.69, 9.17) is 0 Å². The van der Waals surface area contributed by atoms with Gasteiger partial charge in [-0.05, 0) is 50.5 Å². The maximum absolute atomic E-state index is 13.2. The number of hydrogen-bond donors (Lipinski definition) is 1. The van der Waals surface area contributed by atoms with E-state index in [2.05, 4.69) is 4.98 Å². The number of rotatable bonds is 3. The summed E-state index contributed by atoms with van der Waals surface area (Å²) in [5.41, 5.74) is 0.348. The molecule has 150 valence electrons. The van der Waals surface area contributed by atoms with Gasteiger partial charge in [0, 0.05) is 30.7 Å². The van der Waals surface area contributed by atoms with Crippen LogP contribution in [0.15, 0.2) is 59.5 Å². The van der Waals surface area contributed by atoms with Gasteiger partial charge >= 0.3 is 0 Å². The highest BCUT2D eigenvalue weighted by atomic mass is 16.3. The lowest BCUT2D eigenvalue weighted by Crippen LogP contribution is -2.46. The molecular formula is C23H25N3O3. The lowest BCUT2D eigenvalue weighted by atomic mass is 9.84. The fourth-order valence-corrected chi connectivity index (χ4v) is 4.09. The summed E-state index contributed by atoms with van der Waals surface area (Å²) < 4.78 is 1.58. The summed E-state index contributed by atoms with van der Waals surface area (Å²) in [7, 11) is 0. The van der Waals surface area contributed by atoms with Crippen molar-refractivity contribution >= 4 is 16.9 Å². The quantitative estimate of drug-likeness (QED) is 0.744. The number of fused-ring (bicyclic) bond motifs is 1. The smallest absolute Gasteiger partial charge is 0.265 e. The van der Waals surface area contributed by atoms with Gasteiger partial charge in [-0.1, -0.05) is 30.3 Å². The van der Waals surface area contributed by atoms with Crippen molar-refractivity contribution in [3.63, 3.8) is 0 Å². The molecule has 1 amide bonds. The molecule has 4 rings (SSSR count). The van der Waals surface area contributed by atoms with Crippen molar-refractivity contribution in [2.45, 2.75) is 38.3 Å². The molecule has 1 fully saturated rings. The van der Waals surface area contributed by atoms with Crippen molar-refractivity contribution in [1.29, 1.82) is 0 Å². The number of carbonyl (C=O) groups is 1. The van der Waals surface area contributed by atoms with E-state index in [9.17, 15) is 14.7 Å². The average molecular weight is 391 g/mol. The maximum Gasteiger partial charge on any atom is 0.265 e. The first-order chi connectivity index (χ1) is 13.9. The standard InChI is InChI=1S/C23H25N3O3/c1-16(2)26-20-17(7-6-12-24-20)15-19(22(26)28)21(27)25-13-10-23(29,11-14-25)18-8-4-3-5-9-18/h3-9,12,15-16,29H,10-11,13-14H2,1-2H3. The van der Waals surface area contributed by atoms with Crippen LogP contribution in [-0.4, -0.2) is 38.6 Å². The average Bonchev–Trinajstić information content (AvgIpc) is 2.73. The number of nitrogens with zero attached hydrogens (tertiary/aromatic N) is 3. The van der Waals surface area contributed by atoms with E-state index in [1.54, 1.807) is 27.8 Å². The van der Waals surface area contributed by atoms with Crippen molar-refractivity contribution in [3.8, 4) is 0 Å². The third-order valence-corrected chi connectivity index (χ3v) is 5.73. The third-order valence-electron chi connectivity index (χ3n) is 5.73. The Bertz CT molecular complexity index is 1100. The number of carbonyl (C=O) groups excluding carboxylic acids is 1. The minimum Gasteiger partial charge on any atom is -0.385 e. The highest BCUT2D eigenvalue weighted by Crippen LogP contribution is 2.33. The number of aromatic nitrogens is 2. The van der Waals surface area contributed by atoms with Crippen LogP contribution in [0.25, 0.3) is 11.0 Å². The van der Waals surface area contributed by atoms with E-state index in [1.165, 1.54) is 0 Å². The zero-order valence-electron chi connectivity index (χ0n) is 16.7. The van der Waals surface area contributed by atoms with Gasteiger partial charge in [-0.25, -0.2) is 4.98 Å². The minimum absolute atomic E-state index is 0.114. The van der Waals surface area contributed by atoms with E-state index in [1.807, 2.05) is 50.2 Å². The molecule has 2 aromatic heterocycles. The van der Waals surface area contributed by atoms with Crippen molar-refractivity contribution in [3.05, 3.63) is 76.2 Å². The normalized spacial score (nSPS) is 16.3. The van der Waals surface area contributed by atoms with Gasteiger partial charge in [0.1, 0.15) is 11.2 Å². The Hall–Kier alpha value is -2.99. The van der Waals surface area contributed by atoms with Crippen LogP contribution in [0.4, 0.5) is 0 Å². The monoisotopic (exact) mass is 391 g/mol. The van der Waals surface area contributed by atoms with Crippen LogP contribution in [-0.2, 0) is 5.60 Å². The molecule has 0 bridgehead atoms. The summed E-state index contributed by atoms with van der Waals surface area (Å²) in [4.78, 5) is 32.3. The van der Waals surface area contributed by atoms with Crippen molar-refractivity contribution in [2.24, 2.45) is 0 Å². The highest BCUT2D eigenvalue weighted by molar-refractivity contribution is 5.97. The van der Waals surface area contributed by atoms with Gasteiger partial charge in [0.2, 0.25) is 0 Å². The first-order valence-corrected chi connectivity index (χ1v) is 9.98. The van der Waals surface area contributed by atoms with Gasteiger partial charge in [0.25, 0.3) is 11.5 Å². The number of benzene rings is 1. The molecule has 0 radical (unpaired) electrons. The fraction of sp³-hybridized carbons (Fsp3) is 0.348.